The molecule has 0 aromatic carbocycles. The third-order valence-electron chi connectivity index (χ3n) is 1.10. The summed E-state index contributed by atoms with van der Waals surface area (Å²) >= 11 is 6.31. The summed E-state index contributed by atoms with van der Waals surface area (Å²) in [4.78, 5) is 14.6. The Hall–Kier alpha value is -0.420. The number of hydrogen-bond acceptors (Lipinski definition) is 2. The average molecular weight is 280 g/mol. The third kappa shape index (κ3) is 1.78. The van der Waals surface area contributed by atoms with Crippen LogP contribution in [-0.4, -0.2) is 10.9 Å². The molecule has 0 spiro atoms. The Bertz CT molecular complexity index is 280. The molecule has 5 heteroatoms. The summed E-state index contributed by atoms with van der Waals surface area (Å²) in [5.74, 6) is -0.480. The summed E-state index contributed by atoms with van der Waals surface area (Å²) in [6.45, 7) is 0. The Kier molecular flexibility index (Phi) is 2.62. The van der Waals surface area contributed by atoms with Crippen molar-refractivity contribution in [3.05, 3.63) is 26.9 Å². The van der Waals surface area contributed by atoms with Crippen molar-refractivity contribution >= 4 is 37.8 Å². The van der Waals surface area contributed by atoms with Crippen LogP contribution in [0.3, 0.4) is 0 Å². The number of halogens is 2. The van der Waals surface area contributed by atoms with E-state index >= 15 is 0 Å². The lowest BCUT2D eigenvalue weighted by Gasteiger charge is -1.99. The number of hydrogen-bond donors (Lipinski definition) is 1. The van der Waals surface area contributed by atoms with Crippen LogP contribution < -0.4 is 5.73 Å². The van der Waals surface area contributed by atoms with Crippen molar-refractivity contribution in [1.82, 2.24) is 4.98 Å². The zero-order chi connectivity index (χ0) is 8.43. The maximum atomic E-state index is 10.8. The van der Waals surface area contributed by atoms with Gasteiger partial charge in [0.15, 0.2) is 0 Å². The number of pyridine rings is 1. The first-order valence-corrected chi connectivity index (χ1v) is 4.30. The minimum absolute atomic E-state index is 0.417. The van der Waals surface area contributed by atoms with E-state index in [2.05, 4.69) is 36.8 Å². The molecule has 0 radical (unpaired) electrons. The highest BCUT2D eigenvalue weighted by Gasteiger charge is 2.09. The smallest absolute Gasteiger partial charge is 0.251 e. The van der Waals surface area contributed by atoms with Crippen LogP contribution in [0.15, 0.2) is 21.3 Å². The monoisotopic (exact) mass is 278 g/mol. The van der Waals surface area contributed by atoms with E-state index in [9.17, 15) is 4.79 Å². The van der Waals surface area contributed by atoms with Gasteiger partial charge in [-0.1, -0.05) is 0 Å². The van der Waals surface area contributed by atoms with Gasteiger partial charge in [0.25, 0.3) is 5.91 Å². The lowest BCUT2D eigenvalue weighted by atomic mass is 10.3. The first-order valence-electron chi connectivity index (χ1n) is 2.71. The molecular formula is C6H4Br2N2O. The van der Waals surface area contributed by atoms with E-state index in [0.29, 0.717) is 14.5 Å². The van der Waals surface area contributed by atoms with Gasteiger partial charge < -0.3 is 5.73 Å². The molecule has 0 saturated heterocycles. The minimum atomic E-state index is -0.480. The van der Waals surface area contributed by atoms with Crippen molar-refractivity contribution in [2.24, 2.45) is 5.73 Å². The van der Waals surface area contributed by atoms with Crippen molar-refractivity contribution < 1.29 is 4.79 Å². The number of aromatic nitrogens is 1. The third-order valence-corrected chi connectivity index (χ3v) is 2.30. The molecule has 0 fully saturated rings. The maximum absolute atomic E-state index is 10.8. The van der Waals surface area contributed by atoms with Gasteiger partial charge in [-0.3, -0.25) is 9.78 Å². The van der Waals surface area contributed by atoms with Crippen LogP contribution in [0.5, 0.6) is 0 Å². The van der Waals surface area contributed by atoms with Crippen LogP contribution >= 0.6 is 31.9 Å². The van der Waals surface area contributed by atoms with Crippen molar-refractivity contribution in [3.8, 4) is 0 Å². The molecule has 3 nitrogen and oxygen atoms in total. The molecule has 58 valence electrons. The van der Waals surface area contributed by atoms with E-state index in [0.717, 1.165) is 0 Å². The van der Waals surface area contributed by atoms with Gasteiger partial charge in [0.05, 0.1) is 5.56 Å². The van der Waals surface area contributed by atoms with Crippen molar-refractivity contribution in [2.45, 2.75) is 0 Å². The number of rotatable bonds is 1. The van der Waals surface area contributed by atoms with Gasteiger partial charge >= 0.3 is 0 Å². The molecule has 0 atom stereocenters. The van der Waals surface area contributed by atoms with E-state index in [1.54, 1.807) is 0 Å². The molecule has 2 N–H and O–H groups in total. The fraction of sp³-hybridized carbons (Fsp3) is 0. The minimum Gasteiger partial charge on any atom is -0.366 e. The number of nitrogens with two attached hydrogens (primary N) is 1. The lowest BCUT2D eigenvalue weighted by molar-refractivity contribution is 0.0998. The van der Waals surface area contributed by atoms with Gasteiger partial charge in [-0.05, 0) is 31.9 Å². The van der Waals surface area contributed by atoms with E-state index in [-0.39, 0.29) is 0 Å². The molecule has 0 unspecified atom stereocenters. The van der Waals surface area contributed by atoms with Gasteiger partial charge in [0.1, 0.15) is 0 Å². The van der Waals surface area contributed by atoms with Gasteiger partial charge in [-0.15, -0.1) is 0 Å². The largest absolute Gasteiger partial charge is 0.366 e. The number of nitrogens with zero attached hydrogens (tertiary/aromatic N) is 1. The van der Waals surface area contributed by atoms with E-state index in [1.165, 1.54) is 12.4 Å². The Labute approximate surface area is 80.3 Å². The Morgan fingerprint density at radius 2 is 1.82 bits per heavy atom. The Morgan fingerprint density at radius 3 is 2.09 bits per heavy atom. The zero-order valence-electron chi connectivity index (χ0n) is 5.34. The van der Waals surface area contributed by atoms with Crippen LogP contribution in [0.2, 0.25) is 0 Å². The molecule has 11 heavy (non-hydrogen) atoms. The van der Waals surface area contributed by atoms with E-state index in [4.69, 9.17) is 5.73 Å². The second kappa shape index (κ2) is 3.32. The first-order chi connectivity index (χ1) is 5.13. The second-order valence-corrected chi connectivity index (χ2v) is 3.55. The summed E-state index contributed by atoms with van der Waals surface area (Å²) in [6, 6.07) is 0. The first kappa shape index (κ1) is 8.67. The van der Waals surface area contributed by atoms with Crippen LogP contribution in [0, 0.1) is 0 Å². The fourth-order valence-electron chi connectivity index (χ4n) is 0.647. The Morgan fingerprint density at radius 1 is 1.36 bits per heavy atom. The van der Waals surface area contributed by atoms with Crippen LogP contribution in [0.25, 0.3) is 0 Å². The molecule has 0 aliphatic heterocycles. The molecule has 1 rings (SSSR count). The second-order valence-electron chi connectivity index (χ2n) is 1.84. The molecule has 1 aromatic rings. The fourth-order valence-corrected chi connectivity index (χ4v) is 1.97. The molecular weight excluding hydrogens is 276 g/mol. The molecule has 1 amide bonds. The van der Waals surface area contributed by atoms with Gasteiger partial charge in [-0.2, -0.15) is 0 Å². The van der Waals surface area contributed by atoms with Crippen molar-refractivity contribution in [3.63, 3.8) is 0 Å². The van der Waals surface area contributed by atoms with Crippen molar-refractivity contribution in [1.29, 1.82) is 0 Å². The van der Waals surface area contributed by atoms with Crippen molar-refractivity contribution in [2.75, 3.05) is 0 Å². The van der Waals surface area contributed by atoms with Gasteiger partial charge in [-0.25, -0.2) is 0 Å². The summed E-state index contributed by atoms with van der Waals surface area (Å²) in [6.07, 6.45) is 3.04. The maximum Gasteiger partial charge on any atom is 0.251 e. The van der Waals surface area contributed by atoms with E-state index in [1.807, 2.05) is 0 Å². The highest BCUT2D eigenvalue weighted by molar-refractivity contribution is 9.11. The standard InChI is InChI=1S/C6H4Br2N2O/c7-3-1-10-2-4(8)5(3)6(9)11/h1-2H,(H2,9,11). The number of carbonyl (C=O) groups is 1. The summed E-state index contributed by atoms with van der Waals surface area (Å²) in [5.41, 5.74) is 5.51. The van der Waals surface area contributed by atoms with Crippen LogP contribution in [0.1, 0.15) is 10.4 Å². The molecule has 0 bridgehead atoms. The topological polar surface area (TPSA) is 56.0 Å². The Balaban J connectivity index is 3.32. The van der Waals surface area contributed by atoms with Crippen LogP contribution in [0.4, 0.5) is 0 Å². The van der Waals surface area contributed by atoms with Gasteiger partial charge in [0.2, 0.25) is 0 Å². The lowest BCUT2D eigenvalue weighted by Crippen LogP contribution is -2.12. The highest BCUT2D eigenvalue weighted by Crippen LogP contribution is 2.22. The summed E-state index contributed by atoms with van der Waals surface area (Å²) < 4.78 is 1.19. The number of primary amides is 1. The van der Waals surface area contributed by atoms with Gasteiger partial charge in [0, 0.05) is 21.3 Å². The summed E-state index contributed by atoms with van der Waals surface area (Å²) in [7, 11) is 0. The van der Waals surface area contributed by atoms with E-state index < -0.39 is 5.91 Å². The number of carbonyl (C=O) groups excluding carboxylic acids is 1. The predicted octanol–water partition coefficient (Wildman–Crippen LogP) is 1.71. The molecule has 1 aromatic heterocycles. The summed E-state index contributed by atoms with van der Waals surface area (Å²) in [5, 5.41) is 0. The SMILES string of the molecule is NC(=O)c1c(Br)cncc1Br. The zero-order valence-corrected chi connectivity index (χ0v) is 8.52. The number of amides is 1. The van der Waals surface area contributed by atoms with Crippen LogP contribution in [-0.2, 0) is 0 Å². The molecule has 1 heterocycles. The molecule has 0 saturated carbocycles. The highest BCUT2D eigenvalue weighted by atomic mass is 79.9. The molecule has 0 aliphatic carbocycles. The molecule has 0 aliphatic rings. The normalized spacial score (nSPS) is 9.64. The quantitative estimate of drug-likeness (QED) is 0.851. The predicted molar refractivity (Wildman–Crippen MR) is 48.2 cm³/mol. The average Bonchev–Trinajstić information content (AvgIpc) is 1.85.